The average Bonchev–Trinajstić information content (AvgIpc) is 2.13. The Bertz CT molecular complexity index is 118. The first-order valence-electron chi connectivity index (χ1n) is 6.33. The Hall–Kier alpha value is -0.0400. The number of nitrogens with one attached hydrogen (secondary N) is 1. The van der Waals surface area contributed by atoms with Crippen LogP contribution < -0.4 is 5.32 Å². The molecule has 1 heteroatoms. The maximum atomic E-state index is 3.41. The van der Waals surface area contributed by atoms with Gasteiger partial charge in [0.15, 0.2) is 0 Å². The fourth-order valence-corrected chi connectivity index (χ4v) is 1.76. The molecule has 1 N–H and O–H groups in total. The van der Waals surface area contributed by atoms with E-state index in [0.717, 1.165) is 6.54 Å². The zero-order chi connectivity index (χ0) is 10.9. The highest BCUT2D eigenvalue weighted by Gasteiger charge is 2.16. The molecule has 0 amide bonds. The van der Waals surface area contributed by atoms with Gasteiger partial charge >= 0.3 is 0 Å². The van der Waals surface area contributed by atoms with Crippen molar-refractivity contribution in [3.8, 4) is 0 Å². The molecule has 0 saturated heterocycles. The molecule has 86 valence electrons. The number of unbranched alkanes of at least 4 members (excludes halogenated alkanes) is 3. The lowest BCUT2D eigenvalue weighted by Crippen LogP contribution is -2.22. The van der Waals surface area contributed by atoms with Crippen molar-refractivity contribution in [2.24, 2.45) is 5.41 Å². The zero-order valence-corrected chi connectivity index (χ0v) is 10.7. The van der Waals surface area contributed by atoms with E-state index in [1.807, 2.05) is 0 Å². The first kappa shape index (κ1) is 14.0. The van der Waals surface area contributed by atoms with Crippen LogP contribution in [0.2, 0.25) is 0 Å². The molecule has 0 radical (unpaired) electrons. The van der Waals surface area contributed by atoms with Crippen molar-refractivity contribution in [1.29, 1.82) is 0 Å². The first-order chi connectivity index (χ1) is 6.62. The predicted molar refractivity (Wildman–Crippen MR) is 65.7 cm³/mol. The van der Waals surface area contributed by atoms with Crippen molar-refractivity contribution in [2.75, 3.05) is 13.1 Å². The van der Waals surface area contributed by atoms with E-state index in [0.29, 0.717) is 5.41 Å². The van der Waals surface area contributed by atoms with E-state index >= 15 is 0 Å². The van der Waals surface area contributed by atoms with Gasteiger partial charge in [0, 0.05) is 0 Å². The van der Waals surface area contributed by atoms with Gasteiger partial charge in [-0.25, -0.2) is 0 Å². The van der Waals surface area contributed by atoms with E-state index in [2.05, 4.69) is 33.0 Å². The van der Waals surface area contributed by atoms with Crippen molar-refractivity contribution in [2.45, 2.75) is 66.2 Å². The highest BCUT2D eigenvalue weighted by molar-refractivity contribution is 4.69. The van der Waals surface area contributed by atoms with Crippen LogP contribution in [0, 0.1) is 5.41 Å². The predicted octanol–water partition coefficient (Wildman–Crippen LogP) is 3.98. The van der Waals surface area contributed by atoms with E-state index in [-0.39, 0.29) is 0 Å². The fraction of sp³-hybridized carbons (Fsp3) is 1.00. The van der Waals surface area contributed by atoms with Crippen LogP contribution in [0.25, 0.3) is 0 Å². The number of rotatable bonds is 9. The van der Waals surface area contributed by atoms with Gasteiger partial charge in [0.2, 0.25) is 0 Å². The molecule has 0 unspecified atom stereocenters. The Kier molecular flexibility index (Phi) is 8.26. The molecule has 0 aliphatic heterocycles. The van der Waals surface area contributed by atoms with Crippen molar-refractivity contribution in [3.63, 3.8) is 0 Å². The van der Waals surface area contributed by atoms with Gasteiger partial charge in [0.05, 0.1) is 0 Å². The average molecular weight is 199 g/mol. The maximum absolute atomic E-state index is 3.41. The first-order valence-corrected chi connectivity index (χ1v) is 6.33. The van der Waals surface area contributed by atoms with Gasteiger partial charge in [-0.1, -0.05) is 53.4 Å². The van der Waals surface area contributed by atoms with Crippen molar-refractivity contribution >= 4 is 0 Å². The Morgan fingerprint density at radius 2 is 1.64 bits per heavy atom. The minimum atomic E-state index is 0.538. The molecular weight excluding hydrogens is 170 g/mol. The summed E-state index contributed by atoms with van der Waals surface area (Å²) in [5, 5.41) is 3.41. The Morgan fingerprint density at radius 1 is 0.929 bits per heavy atom. The third-order valence-corrected chi connectivity index (χ3v) is 2.94. The van der Waals surface area contributed by atoms with Crippen LogP contribution in [-0.2, 0) is 0 Å². The quantitative estimate of drug-likeness (QED) is 0.554. The van der Waals surface area contributed by atoms with Crippen LogP contribution >= 0.6 is 0 Å². The van der Waals surface area contributed by atoms with Crippen LogP contribution in [0.4, 0.5) is 0 Å². The van der Waals surface area contributed by atoms with Gasteiger partial charge in [-0.15, -0.1) is 0 Å². The Labute approximate surface area is 90.7 Å². The summed E-state index contributed by atoms with van der Waals surface area (Å²) in [4.78, 5) is 0. The summed E-state index contributed by atoms with van der Waals surface area (Å²) in [6.45, 7) is 11.5. The topological polar surface area (TPSA) is 12.0 Å². The van der Waals surface area contributed by atoms with E-state index in [4.69, 9.17) is 0 Å². The molecule has 0 aromatic heterocycles. The van der Waals surface area contributed by atoms with Crippen LogP contribution in [-0.4, -0.2) is 13.1 Å². The SMILES string of the molecule is CCCCCCC(C)(C)CCNCC. The standard InChI is InChI=1S/C13H29N/c1-5-7-8-9-10-13(3,4)11-12-14-6-2/h14H,5-12H2,1-4H3. The molecule has 0 heterocycles. The summed E-state index contributed by atoms with van der Waals surface area (Å²) in [5.74, 6) is 0. The monoisotopic (exact) mass is 199 g/mol. The van der Waals surface area contributed by atoms with Crippen LogP contribution in [0.3, 0.4) is 0 Å². The number of hydrogen-bond donors (Lipinski definition) is 1. The van der Waals surface area contributed by atoms with Crippen molar-refractivity contribution in [1.82, 2.24) is 5.32 Å². The van der Waals surface area contributed by atoms with Gasteiger partial charge in [-0.2, -0.15) is 0 Å². The van der Waals surface area contributed by atoms with Crippen molar-refractivity contribution < 1.29 is 0 Å². The second kappa shape index (κ2) is 8.28. The summed E-state index contributed by atoms with van der Waals surface area (Å²) in [5.41, 5.74) is 0.538. The van der Waals surface area contributed by atoms with Crippen LogP contribution in [0.15, 0.2) is 0 Å². The molecule has 0 saturated carbocycles. The highest BCUT2D eigenvalue weighted by Crippen LogP contribution is 2.27. The van der Waals surface area contributed by atoms with E-state index < -0.39 is 0 Å². The molecule has 0 aliphatic rings. The van der Waals surface area contributed by atoms with Crippen LogP contribution in [0.5, 0.6) is 0 Å². The Balaban J connectivity index is 3.40. The van der Waals surface area contributed by atoms with Gasteiger partial charge < -0.3 is 5.32 Å². The third-order valence-electron chi connectivity index (χ3n) is 2.94. The molecule has 0 aliphatic carbocycles. The smallest absolute Gasteiger partial charge is 0.00439 e. The summed E-state index contributed by atoms with van der Waals surface area (Å²) >= 11 is 0. The number of hydrogen-bond acceptors (Lipinski definition) is 1. The van der Waals surface area contributed by atoms with Gasteiger partial charge in [0.1, 0.15) is 0 Å². The lowest BCUT2D eigenvalue weighted by Gasteiger charge is -2.24. The zero-order valence-electron chi connectivity index (χ0n) is 10.7. The molecule has 0 aromatic rings. The molecule has 1 nitrogen and oxygen atoms in total. The summed E-state index contributed by atoms with van der Waals surface area (Å²) in [6, 6.07) is 0. The highest BCUT2D eigenvalue weighted by atomic mass is 14.8. The molecule has 0 aromatic carbocycles. The van der Waals surface area contributed by atoms with E-state index in [1.165, 1.54) is 45.1 Å². The lowest BCUT2D eigenvalue weighted by molar-refractivity contribution is 0.291. The molecular formula is C13H29N. The van der Waals surface area contributed by atoms with Crippen LogP contribution in [0.1, 0.15) is 66.2 Å². The summed E-state index contributed by atoms with van der Waals surface area (Å²) in [6.07, 6.45) is 8.28. The second-order valence-corrected chi connectivity index (χ2v) is 5.08. The minimum absolute atomic E-state index is 0.538. The third kappa shape index (κ3) is 8.55. The molecule has 14 heavy (non-hydrogen) atoms. The largest absolute Gasteiger partial charge is 0.317 e. The normalized spacial score (nSPS) is 12.0. The fourth-order valence-electron chi connectivity index (χ4n) is 1.76. The lowest BCUT2D eigenvalue weighted by atomic mass is 9.83. The second-order valence-electron chi connectivity index (χ2n) is 5.08. The van der Waals surface area contributed by atoms with E-state index in [9.17, 15) is 0 Å². The van der Waals surface area contributed by atoms with Gasteiger partial charge in [-0.05, 0) is 31.3 Å². The maximum Gasteiger partial charge on any atom is -0.00439 e. The summed E-state index contributed by atoms with van der Waals surface area (Å²) in [7, 11) is 0. The van der Waals surface area contributed by atoms with Gasteiger partial charge in [0.25, 0.3) is 0 Å². The molecule has 0 bridgehead atoms. The molecule has 0 rings (SSSR count). The van der Waals surface area contributed by atoms with Gasteiger partial charge in [-0.3, -0.25) is 0 Å². The summed E-state index contributed by atoms with van der Waals surface area (Å²) < 4.78 is 0. The Morgan fingerprint density at radius 3 is 2.21 bits per heavy atom. The molecule has 0 atom stereocenters. The molecule has 0 fully saturated rings. The molecule has 0 spiro atoms. The van der Waals surface area contributed by atoms with Crippen molar-refractivity contribution in [3.05, 3.63) is 0 Å². The minimum Gasteiger partial charge on any atom is -0.317 e. The van der Waals surface area contributed by atoms with E-state index in [1.54, 1.807) is 0 Å².